The van der Waals surface area contributed by atoms with Crippen molar-refractivity contribution in [1.82, 2.24) is 9.97 Å². The first kappa shape index (κ1) is 23.7. The number of hydrogen-bond donors (Lipinski definition) is 2. The summed E-state index contributed by atoms with van der Waals surface area (Å²) in [5, 5.41) is 7.42. The average molecular weight is 450 g/mol. The van der Waals surface area contributed by atoms with Crippen LogP contribution in [-0.2, 0) is 29.1 Å². The van der Waals surface area contributed by atoms with Crippen molar-refractivity contribution < 1.29 is 24.2 Å². The molecule has 33 heavy (non-hydrogen) atoms. The lowest BCUT2D eigenvalue weighted by Crippen LogP contribution is -2.34. The maximum Gasteiger partial charge on any atom is 0.300 e. The number of amides is 1. The second kappa shape index (κ2) is 11.1. The van der Waals surface area contributed by atoms with E-state index in [9.17, 15) is 4.79 Å². The van der Waals surface area contributed by atoms with Gasteiger partial charge in [0.05, 0.1) is 19.3 Å². The number of aliphatic carboxylic acids is 1. The Morgan fingerprint density at radius 3 is 2.58 bits per heavy atom. The lowest BCUT2D eigenvalue weighted by Gasteiger charge is -2.30. The molecule has 1 aromatic carbocycles. The summed E-state index contributed by atoms with van der Waals surface area (Å²) < 4.78 is 11.2. The van der Waals surface area contributed by atoms with Gasteiger partial charge in [-0.3, -0.25) is 9.59 Å². The van der Waals surface area contributed by atoms with E-state index < -0.39 is 5.97 Å². The van der Waals surface area contributed by atoms with Crippen LogP contribution in [0.25, 0.3) is 0 Å². The number of carbonyl (C=O) groups is 2. The van der Waals surface area contributed by atoms with Gasteiger partial charge in [-0.2, -0.15) is 0 Å². The summed E-state index contributed by atoms with van der Waals surface area (Å²) in [4.78, 5) is 31.9. The fourth-order valence-corrected chi connectivity index (χ4v) is 3.38. The lowest BCUT2D eigenvalue weighted by atomic mass is 9.99. The van der Waals surface area contributed by atoms with Gasteiger partial charge in [0.15, 0.2) is 0 Å². The maximum atomic E-state index is 12.7. The number of hydrogen-bond acceptors (Lipinski definition) is 7. The Bertz CT molecular complexity index is 1110. The molecule has 9 heteroatoms. The molecule has 0 bridgehead atoms. The summed E-state index contributed by atoms with van der Waals surface area (Å²) in [5.74, 6) is 0.981. The standard InChI is InChI=1S/C22H22N4O3.C2H4O2/c1-28-20-7-5-16(13-25-20)14-26-18-3-2-4-19(17(18)6-8-22(26)27)29-21-11-15(12-23)9-10-24-21;1-2(3)4/h2-5,7,9-11,13H,6,8,12,14,23H2,1H3;1H3,(H,3,4). The van der Waals surface area contributed by atoms with Gasteiger partial charge >= 0.3 is 0 Å². The van der Waals surface area contributed by atoms with Crippen LogP contribution in [0.2, 0.25) is 0 Å². The number of pyridine rings is 2. The van der Waals surface area contributed by atoms with Gasteiger partial charge in [0.25, 0.3) is 5.97 Å². The average Bonchev–Trinajstić information content (AvgIpc) is 2.81. The molecule has 9 nitrogen and oxygen atoms in total. The minimum atomic E-state index is -0.833. The highest BCUT2D eigenvalue weighted by molar-refractivity contribution is 5.96. The van der Waals surface area contributed by atoms with Gasteiger partial charge < -0.3 is 25.2 Å². The number of anilines is 1. The zero-order chi connectivity index (χ0) is 23.8. The van der Waals surface area contributed by atoms with Gasteiger partial charge in [-0.25, -0.2) is 9.97 Å². The van der Waals surface area contributed by atoms with Crippen molar-refractivity contribution in [2.45, 2.75) is 32.9 Å². The highest BCUT2D eigenvalue weighted by Crippen LogP contribution is 2.37. The van der Waals surface area contributed by atoms with E-state index in [4.69, 9.17) is 25.1 Å². The van der Waals surface area contributed by atoms with Crippen LogP contribution < -0.4 is 20.1 Å². The number of carbonyl (C=O) groups excluding carboxylic acids is 1. The number of benzene rings is 1. The van der Waals surface area contributed by atoms with E-state index in [1.807, 2.05) is 36.4 Å². The maximum absolute atomic E-state index is 12.7. The van der Waals surface area contributed by atoms with Crippen LogP contribution in [0.3, 0.4) is 0 Å². The van der Waals surface area contributed by atoms with Crippen LogP contribution in [0.5, 0.6) is 17.5 Å². The van der Waals surface area contributed by atoms with Gasteiger partial charge in [0.1, 0.15) is 5.75 Å². The highest BCUT2D eigenvalue weighted by Gasteiger charge is 2.27. The first-order valence-electron chi connectivity index (χ1n) is 10.3. The minimum absolute atomic E-state index is 0.0775. The predicted octanol–water partition coefficient (Wildman–Crippen LogP) is 3.31. The minimum Gasteiger partial charge on any atom is -0.481 e. The van der Waals surface area contributed by atoms with Gasteiger partial charge in [0, 0.05) is 50.0 Å². The smallest absolute Gasteiger partial charge is 0.300 e. The van der Waals surface area contributed by atoms with Crippen molar-refractivity contribution in [2.24, 2.45) is 5.73 Å². The molecule has 0 radical (unpaired) electrons. The van der Waals surface area contributed by atoms with Gasteiger partial charge in [-0.15, -0.1) is 0 Å². The second-order valence-corrected chi connectivity index (χ2v) is 7.27. The topological polar surface area (TPSA) is 128 Å². The summed E-state index contributed by atoms with van der Waals surface area (Å²) in [5.41, 5.74) is 9.43. The number of carboxylic acid groups (broad SMARTS) is 1. The quantitative estimate of drug-likeness (QED) is 0.585. The molecule has 172 valence electrons. The molecule has 1 amide bonds. The fourth-order valence-electron chi connectivity index (χ4n) is 3.38. The Hall–Kier alpha value is -3.98. The summed E-state index contributed by atoms with van der Waals surface area (Å²) in [6.45, 7) is 1.94. The normalized spacial score (nSPS) is 12.3. The number of nitrogens with zero attached hydrogens (tertiary/aromatic N) is 3. The van der Waals surface area contributed by atoms with Crippen LogP contribution in [-0.4, -0.2) is 34.1 Å². The van der Waals surface area contributed by atoms with E-state index in [-0.39, 0.29) is 5.91 Å². The van der Waals surface area contributed by atoms with Crippen molar-refractivity contribution in [3.05, 3.63) is 71.5 Å². The lowest BCUT2D eigenvalue weighted by molar-refractivity contribution is -0.134. The van der Waals surface area contributed by atoms with Crippen LogP contribution in [0.1, 0.15) is 30.0 Å². The van der Waals surface area contributed by atoms with Gasteiger partial charge in [0.2, 0.25) is 17.7 Å². The van der Waals surface area contributed by atoms with E-state index in [1.165, 1.54) is 0 Å². The van der Waals surface area contributed by atoms with Crippen molar-refractivity contribution in [3.8, 4) is 17.5 Å². The number of methoxy groups -OCH3 is 1. The van der Waals surface area contributed by atoms with Crippen molar-refractivity contribution in [1.29, 1.82) is 0 Å². The van der Waals surface area contributed by atoms with E-state index in [1.54, 1.807) is 30.5 Å². The van der Waals surface area contributed by atoms with E-state index in [2.05, 4.69) is 9.97 Å². The molecule has 1 aliphatic rings. The van der Waals surface area contributed by atoms with Crippen LogP contribution in [0, 0.1) is 0 Å². The highest BCUT2D eigenvalue weighted by atomic mass is 16.5. The van der Waals surface area contributed by atoms with E-state index in [0.29, 0.717) is 43.4 Å². The number of ether oxygens (including phenoxy) is 2. The molecule has 0 spiro atoms. The number of rotatable bonds is 6. The third-order valence-electron chi connectivity index (χ3n) is 4.89. The van der Waals surface area contributed by atoms with Crippen LogP contribution in [0.15, 0.2) is 54.9 Å². The Morgan fingerprint density at radius 2 is 1.91 bits per heavy atom. The van der Waals surface area contributed by atoms with E-state index >= 15 is 0 Å². The number of carboxylic acids is 1. The Kier molecular flexibility index (Phi) is 7.93. The number of aromatic nitrogens is 2. The Morgan fingerprint density at radius 1 is 1.12 bits per heavy atom. The van der Waals surface area contributed by atoms with Crippen LogP contribution in [0.4, 0.5) is 5.69 Å². The third-order valence-corrected chi connectivity index (χ3v) is 4.89. The van der Waals surface area contributed by atoms with Crippen LogP contribution >= 0.6 is 0 Å². The molecule has 0 saturated carbocycles. The monoisotopic (exact) mass is 450 g/mol. The molecular formula is C24H26N4O5. The molecule has 0 unspecified atom stereocenters. The SMILES string of the molecule is CC(=O)O.COc1ccc(CN2C(=O)CCc3c(Oc4cc(CN)ccn4)cccc32)cn1. The Labute approximate surface area is 191 Å². The molecule has 3 N–H and O–H groups in total. The molecule has 3 heterocycles. The summed E-state index contributed by atoms with van der Waals surface area (Å²) in [7, 11) is 1.58. The first-order valence-corrected chi connectivity index (χ1v) is 10.3. The molecule has 0 fully saturated rings. The second-order valence-electron chi connectivity index (χ2n) is 7.27. The summed E-state index contributed by atoms with van der Waals surface area (Å²) in [6.07, 6.45) is 4.45. The molecule has 0 aliphatic carbocycles. The zero-order valence-corrected chi connectivity index (χ0v) is 18.5. The first-order chi connectivity index (χ1) is 15.9. The van der Waals surface area contributed by atoms with Gasteiger partial charge in [-0.05, 0) is 35.7 Å². The van der Waals surface area contributed by atoms with E-state index in [0.717, 1.165) is 29.3 Å². The van der Waals surface area contributed by atoms with Crippen molar-refractivity contribution in [2.75, 3.05) is 12.0 Å². The molecule has 3 aromatic rings. The predicted molar refractivity (Wildman–Crippen MR) is 122 cm³/mol. The molecule has 4 rings (SSSR count). The van der Waals surface area contributed by atoms with Crippen molar-refractivity contribution in [3.63, 3.8) is 0 Å². The zero-order valence-electron chi connectivity index (χ0n) is 18.5. The molecular weight excluding hydrogens is 424 g/mol. The molecule has 0 saturated heterocycles. The molecule has 0 atom stereocenters. The van der Waals surface area contributed by atoms with Crippen molar-refractivity contribution >= 4 is 17.6 Å². The molecule has 2 aromatic heterocycles. The fraction of sp³-hybridized carbons (Fsp3) is 0.250. The summed E-state index contributed by atoms with van der Waals surface area (Å²) >= 11 is 0. The molecule has 1 aliphatic heterocycles. The largest absolute Gasteiger partial charge is 0.481 e. The third kappa shape index (κ3) is 6.27. The number of fused-ring (bicyclic) bond motifs is 1. The van der Waals surface area contributed by atoms with Gasteiger partial charge in [-0.1, -0.05) is 12.1 Å². The summed E-state index contributed by atoms with van der Waals surface area (Å²) in [6, 6.07) is 13.1. The number of nitrogens with two attached hydrogens (primary N) is 1. The Balaban J connectivity index is 0.000000709.